The second-order valence-corrected chi connectivity index (χ2v) is 6.54. The third-order valence-electron chi connectivity index (χ3n) is 4.99. The molecule has 0 saturated carbocycles. The maximum atomic E-state index is 6.66. The fraction of sp³-hybridized carbons (Fsp3) is 0.167. The molecule has 1 aliphatic rings. The van der Waals surface area contributed by atoms with Gasteiger partial charge in [0.15, 0.2) is 0 Å². The van der Waals surface area contributed by atoms with E-state index in [9.17, 15) is 0 Å². The Bertz CT molecular complexity index is 888. The minimum atomic E-state index is -0.450. The van der Waals surface area contributed by atoms with Crippen molar-refractivity contribution in [2.75, 3.05) is 5.32 Å². The summed E-state index contributed by atoms with van der Waals surface area (Å²) in [4.78, 5) is 0. The molecule has 0 spiro atoms. The quantitative estimate of drug-likeness (QED) is 0.645. The molecule has 1 N–H and O–H groups in total. The van der Waals surface area contributed by atoms with E-state index in [1.54, 1.807) is 0 Å². The van der Waals surface area contributed by atoms with Crippen molar-refractivity contribution >= 4 is 11.8 Å². The molecule has 2 atom stereocenters. The lowest BCUT2D eigenvalue weighted by molar-refractivity contribution is -0.0506. The minimum Gasteiger partial charge on any atom is -0.356 e. The van der Waals surface area contributed by atoms with Crippen LogP contribution in [0.25, 0.3) is 6.08 Å². The van der Waals surface area contributed by atoms with Crippen LogP contribution in [0.5, 0.6) is 0 Å². The van der Waals surface area contributed by atoms with Gasteiger partial charge in [-0.2, -0.15) is 0 Å². The Morgan fingerprint density at radius 1 is 0.885 bits per heavy atom. The molecule has 0 unspecified atom stereocenters. The van der Waals surface area contributed by atoms with E-state index in [0.717, 1.165) is 12.1 Å². The molecule has 4 rings (SSSR count). The van der Waals surface area contributed by atoms with Crippen molar-refractivity contribution in [1.82, 2.24) is 0 Å². The number of nitrogens with one attached hydrogen (secondary N) is 1. The highest BCUT2D eigenvalue weighted by atomic mass is 16.5. The predicted molar refractivity (Wildman–Crippen MR) is 108 cm³/mol. The van der Waals surface area contributed by atoms with Crippen LogP contribution in [0.4, 0.5) is 5.69 Å². The van der Waals surface area contributed by atoms with Crippen LogP contribution in [-0.2, 0) is 10.3 Å². The van der Waals surface area contributed by atoms with E-state index in [-0.39, 0.29) is 6.23 Å². The van der Waals surface area contributed by atoms with Crippen molar-refractivity contribution in [3.63, 3.8) is 0 Å². The van der Waals surface area contributed by atoms with E-state index in [4.69, 9.17) is 4.74 Å². The maximum Gasteiger partial charge on any atom is 0.149 e. The van der Waals surface area contributed by atoms with E-state index >= 15 is 0 Å². The molecular formula is C24H23NO. The molecule has 3 aromatic rings. The first-order valence-electron chi connectivity index (χ1n) is 9.14. The van der Waals surface area contributed by atoms with Crippen molar-refractivity contribution in [2.24, 2.45) is 0 Å². The van der Waals surface area contributed by atoms with Crippen molar-refractivity contribution in [3.05, 3.63) is 108 Å². The van der Waals surface area contributed by atoms with Gasteiger partial charge in [0.2, 0.25) is 0 Å². The number of ether oxygens (including phenoxy) is 1. The lowest BCUT2D eigenvalue weighted by atomic mass is 9.81. The second-order valence-electron chi connectivity index (χ2n) is 6.54. The molecule has 0 radical (unpaired) electrons. The Kier molecular flexibility index (Phi) is 4.59. The molecule has 3 aromatic carbocycles. The van der Waals surface area contributed by atoms with Gasteiger partial charge in [-0.15, -0.1) is 0 Å². The van der Waals surface area contributed by atoms with Crippen LogP contribution in [-0.4, -0.2) is 6.23 Å². The summed E-state index contributed by atoms with van der Waals surface area (Å²) < 4.78 is 6.66. The van der Waals surface area contributed by atoms with Gasteiger partial charge in [0.25, 0.3) is 0 Å². The fourth-order valence-corrected chi connectivity index (χ4v) is 3.68. The Morgan fingerprint density at radius 2 is 1.54 bits per heavy atom. The van der Waals surface area contributed by atoms with Crippen LogP contribution in [0, 0.1) is 0 Å². The summed E-state index contributed by atoms with van der Waals surface area (Å²) >= 11 is 0. The van der Waals surface area contributed by atoms with Gasteiger partial charge in [0.1, 0.15) is 11.8 Å². The van der Waals surface area contributed by atoms with Crippen molar-refractivity contribution < 1.29 is 4.74 Å². The first kappa shape index (κ1) is 16.6. The maximum absolute atomic E-state index is 6.66. The first-order chi connectivity index (χ1) is 12.8. The standard InChI is InChI=1S/C24H23NO/c1-2-24(20-13-7-4-8-14-20)21-15-9-10-16-22(21)25-23(26-24)18-17-19-11-5-3-6-12-19/h3-18,23,25H,2H2,1H3/b18-17+/t23-,24+/m0/s1. The number of para-hydroxylation sites is 1. The monoisotopic (exact) mass is 341 g/mol. The molecule has 1 aliphatic heterocycles. The molecule has 0 aromatic heterocycles. The van der Waals surface area contributed by atoms with Crippen molar-refractivity contribution in [2.45, 2.75) is 25.2 Å². The number of benzene rings is 3. The number of hydrogen-bond donors (Lipinski definition) is 1. The molecule has 2 nitrogen and oxygen atoms in total. The van der Waals surface area contributed by atoms with Gasteiger partial charge in [-0.05, 0) is 29.7 Å². The zero-order chi connectivity index (χ0) is 17.8. The average Bonchev–Trinajstić information content (AvgIpc) is 2.73. The van der Waals surface area contributed by atoms with Crippen LogP contribution in [0.1, 0.15) is 30.0 Å². The van der Waals surface area contributed by atoms with Gasteiger partial charge in [0.05, 0.1) is 0 Å². The molecule has 130 valence electrons. The Labute approximate surface area is 155 Å². The summed E-state index contributed by atoms with van der Waals surface area (Å²) in [5, 5.41) is 3.52. The van der Waals surface area contributed by atoms with E-state index in [2.05, 4.69) is 85.1 Å². The van der Waals surface area contributed by atoms with E-state index in [0.29, 0.717) is 0 Å². The van der Waals surface area contributed by atoms with Gasteiger partial charge in [-0.3, -0.25) is 0 Å². The summed E-state index contributed by atoms with van der Waals surface area (Å²) in [6, 6.07) is 29.3. The lowest BCUT2D eigenvalue weighted by Gasteiger charge is -2.42. The fourth-order valence-electron chi connectivity index (χ4n) is 3.68. The SMILES string of the molecule is CC[C@]1(c2ccccc2)O[C@@H](/C=C/c2ccccc2)Nc2ccccc21. The molecular weight excluding hydrogens is 318 g/mol. The third-order valence-corrected chi connectivity index (χ3v) is 4.99. The van der Waals surface area contributed by atoms with Crippen LogP contribution in [0.15, 0.2) is 91.0 Å². The zero-order valence-corrected chi connectivity index (χ0v) is 14.9. The summed E-state index contributed by atoms with van der Waals surface area (Å²) in [6.07, 6.45) is 4.88. The first-order valence-corrected chi connectivity index (χ1v) is 9.14. The molecule has 26 heavy (non-hydrogen) atoms. The highest BCUT2D eigenvalue weighted by molar-refractivity contribution is 5.61. The topological polar surface area (TPSA) is 21.3 Å². The molecule has 0 amide bonds. The number of fused-ring (bicyclic) bond motifs is 1. The van der Waals surface area contributed by atoms with Crippen LogP contribution < -0.4 is 5.32 Å². The average molecular weight is 341 g/mol. The molecule has 0 aliphatic carbocycles. The van der Waals surface area contributed by atoms with E-state index in [1.807, 2.05) is 24.3 Å². The normalized spacial score (nSPS) is 22.0. The highest BCUT2D eigenvalue weighted by Crippen LogP contribution is 2.44. The molecule has 0 saturated heterocycles. The van der Waals surface area contributed by atoms with Crippen LogP contribution in [0.2, 0.25) is 0 Å². The lowest BCUT2D eigenvalue weighted by Crippen LogP contribution is -2.42. The molecule has 1 heterocycles. The second kappa shape index (κ2) is 7.19. The summed E-state index contributed by atoms with van der Waals surface area (Å²) in [6.45, 7) is 2.19. The van der Waals surface area contributed by atoms with Gasteiger partial charge >= 0.3 is 0 Å². The Hall–Kier alpha value is -2.84. The molecule has 0 bridgehead atoms. The van der Waals surface area contributed by atoms with Crippen molar-refractivity contribution in [1.29, 1.82) is 0 Å². The van der Waals surface area contributed by atoms with Gasteiger partial charge in [-0.1, -0.05) is 91.9 Å². The van der Waals surface area contributed by atoms with Gasteiger partial charge in [0, 0.05) is 11.3 Å². The number of rotatable bonds is 4. The molecule has 2 heteroatoms. The van der Waals surface area contributed by atoms with Crippen LogP contribution >= 0.6 is 0 Å². The highest BCUT2D eigenvalue weighted by Gasteiger charge is 2.40. The third kappa shape index (κ3) is 3.04. The van der Waals surface area contributed by atoms with E-state index in [1.165, 1.54) is 16.7 Å². The van der Waals surface area contributed by atoms with Crippen LogP contribution in [0.3, 0.4) is 0 Å². The predicted octanol–water partition coefficient (Wildman–Crippen LogP) is 5.82. The minimum absolute atomic E-state index is 0.190. The van der Waals surface area contributed by atoms with Crippen molar-refractivity contribution in [3.8, 4) is 0 Å². The Morgan fingerprint density at radius 3 is 2.27 bits per heavy atom. The summed E-state index contributed by atoms with van der Waals surface area (Å²) in [5.74, 6) is 0. The number of anilines is 1. The Balaban J connectivity index is 1.75. The number of hydrogen-bond acceptors (Lipinski definition) is 2. The smallest absolute Gasteiger partial charge is 0.149 e. The summed E-state index contributed by atoms with van der Waals surface area (Å²) in [5.41, 5.74) is 4.23. The van der Waals surface area contributed by atoms with Gasteiger partial charge < -0.3 is 10.1 Å². The van der Waals surface area contributed by atoms with Gasteiger partial charge in [-0.25, -0.2) is 0 Å². The summed E-state index contributed by atoms with van der Waals surface area (Å²) in [7, 11) is 0. The largest absolute Gasteiger partial charge is 0.356 e. The molecule has 0 fully saturated rings. The van der Waals surface area contributed by atoms with E-state index < -0.39 is 5.60 Å². The zero-order valence-electron chi connectivity index (χ0n) is 14.9.